The van der Waals surface area contributed by atoms with Crippen LogP contribution in [0.15, 0.2) is 0 Å². The molecular formula is C20H36O6S11. The average Bonchev–Trinajstić information content (AvgIpc) is 2.88. The minimum atomic E-state index is -0.894. The molecule has 1 unspecified atom stereocenters. The maximum absolute atomic E-state index is 12.1. The van der Waals surface area contributed by atoms with Crippen molar-refractivity contribution < 1.29 is 29.1 Å². The zero-order valence-corrected chi connectivity index (χ0v) is 29.5. The third-order valence-corrected chi connectivity index (χ3v) is 16.2. The molecule has 17 heteroatoms. The van der Waals surface area contributed by atoms with Gasteiger partial charge in [0.1, 0.15) is 5.75 Å². The molecule has 0 fully saturated rings. The van der Waals surface area contributed by atoms with Crippen molar-refractivity contribution >= 4 is 144 Å². The minimum Gasteiger partial charge on any atom is -0.616 e. The van der Waals surface area contributed by atoms with Gasteiger partial charge in [0.05, 0.1) is 17.0 Å². The molecule has 0 spiro atoms. The number of rotatable bonds is 27. The van der Waals surface area contributed by atoms with Crippen LogP contribution in [0.2, 0.25) is 0 Å². The summed E-state index contributed by atoms with van der Waals surface area (Å²) in [6.07, 6.45) is 2.40. The van der Waals surface area contributed by atoms with E-state index in [1.54, 1.807) is 47.0 Å². The molecule has 6 nitrogen and oxygen atoms in total. The summed E-state index contributed by atoms with van der Waals surface area (Å²) in [5, 5.41) is 22.0. The Hall–Kier alpha value is 2.74. The summed E-state index contributed by atoms with van der Waals surface area (Å²) in [6, 6.07) is 0. The van der Waals surface area contributed by atoms with Crippen LogP contribution in [-0.2, 0) is 25.6 Å². The van der Waals surface area contributed by atoms with Crippen LogP contribution in [0, 0.1) is 0 Å². The summed E-state index contributed by atoms with van der Waals surface area (Å²) in [4.78, 5) is 35.5. The van der Waals surface area contributed by atoms with E-state index in [1.807, 2.05) is 0 Å². The molecule has 0 heterocycles. The molecule has 218 valence electrons. The molecular weight excluding hydrogens is 689 g/mol. The van der Waals surface area contributed by atoms with Crippen LogP contribution < -0.4 is 0 Å². The Morgan fingerprint density at radius 2 is 1.00 bits per heavy atom. The van der Waals surface area contributed by atoms with Crippen molar-refractivity contribution in [3.63, 3.8) is 0 Å². The summed E-state index contributed by atoms with van der Waals surface area (Å²) in [5.41, 5.74) is 0. The molecule has 0 aromatic heterocycles. The van der Waals surface area contributed by atoms with Crippen LogP contribution in [0.4, 0.5) is 0 Å². The Morgan fingerprint density at radius 3 is 1.46 bits per heavy atom. The lowest BCUT2D eigenvalue weighted by Gasteiger charge is -2.10. The monoisotopic (exact) mass is 724 g/mol. The van der Waals surface area contributed by atoms with E-state index in [1.165, 1.54) is 70.6 Å². The van der Waals surface area contributed by atoms with Gasteiger partial charge >= 0.3 is 0 Å². The molecule has 0 aliphatic heterocycles. The maximum atomic E-state index is 12.1. The van der Waals surface area contributed by atoms with E-state index in [0.717, 1.165) is 38.9 Å². The number of carbonyl (C=O) groups excluding carboxylic acids is 3. The van der Waals surface area contributed by atoms with Gasteiger partial charge in [-0.25, -0.2) is 0 Å². The van der Waals surface area contributed by atoms with E-state index in [2.05, 4.69) is 0 Å². The number of carbonyl (C=O) groups is 3. The lowest BCUT2D eigenvalue weighted by Crippen LogP contribution is -2.10. The summed E-state index contributed by atoms with van der Waals surface area (Å²) in [6.45, 7) is 0. The first-order valence-electron chi connectivity index (χ1n) is 11.1. The van der Waals surface area contributed by atoms with Crippen molar-refractivity contribution in [2.45, 2.75) is 25.7 Å². The second-order valence-electron chi connectivity index (χ2n) is 6.51. The zero-order valence-electron chi connectivity index (χ0n) is 20.5. The van der Waals surface area contributed by atoms with E-state index in [4.69, 9.17) is 10.2 Å². The summed E-state index contributed by atoms with van der Waals surface area (Å²) in [7, 11) is 0. The molecule has 0 rings (SSSR count). The first-order chi connectivity index (χ1) is 18.0. The predicted molar refractivity (Wildman–Crippen MR) is 185 cm³/mol. The molecule has 0 aromatic rings. The van der Waals surface area contributed by atoms with Gasteiger partial charge in [0.2, 0.25) is 0 Å². The average molecular weight is 725 g/mol. The largest absolute Gasteiger partial charge is 0.616 e. The van der Waals surface area contributed by atoms with Crippen LogP contribution in [0.5, 0.6) is 0 Å². The highest BCUT2D eigenvalue weighted by Gasteiger charge is 2.09. The minimum absolute atomic E-state index is 0.108. The Balaban J connectivity index is 3.44. The Kier molecular flexibility index (Phi) is 34.0. The van der Waals surface area contributed by atoms with Crippen LogP contribution in [0.3, 0.4) is 0 Å². The third-order valence-electron chi connectivity index (χ3n) is 3.65. The number of aliphatic hydroxyl groups is 2. The maximum Gasteiger partial charge on any atom is 0.190 e. The number of thioether (sulfide) groups is 10. The Morgan fingerprint density at radius 1 is 0.568 bits per heavy atom. The van der Waals surface area contributed by atoms with Crippen molar-refractivity contribution in [1.82, 2.24) is 0 Å². The second kappa shape index (κ2) is 31.7. The van der Waals surface area contributed by atoms with Gasteiger partial charge in [-0.1, -0.05) is 47.0 Å². The zero-order chi connectivity index (χ0) is 27.4. The topological polar surface area (TPSA) is 115 Å². The summed E-state index contributed by atoms with van der Waals surface area (Å²) < 4.78 is 12.1. The van der Waals surface area contributed by atoms with E-state index in [9.17, 15) is 18.9 Å². The van der Waals surface area contributed by atoms with Gasteiger partial charge < -0.3 is 14.8 Å². The molecule has 0 bridgehead atoms. The quantitative estimate of drug-likeness (QED) is 0.0599. The van der Waals surface area contributed by atoms with E-state index in [0.29, 0.717) is 46.0 Å². The van der Waals surface area contributed by atoms with Gasteiger partial charge in [-0.05, 0) is 16.9 Å². The molecule has 2 N–H and O–H groups in total. The normalized spacial score (nSPS) is 12.1. The van der Waals surface area contributed by atoms with Crippen LogP contribution in [0.1, 0.15) is 25.7 Å². The fourth-order valence-corrected chi connectivity index (χ4v) is 13.5. The molecule has 0 aromatic carbocycles. The molecule has 0 radical (unpaired) electrons. The first-order valence-corrected chi connectivity index (χ1v) is 23.6. The summed E-state index contributed by atoms with van der Waals surface area (Å²) in [5.74, 6) is 4.00. The van der Waals surface area contributed by atoms with Crippen molar-refractivity contribution in [3.8, 4) is 0 Å². The Labute approximate surface area is 267 Å². The number of aliphatic hydroxyl groups excluding tert-OH is 2. The predicted octanol–water partition coefficient (Wildman–Crippen LogP) is 5.85. The molecule has 1 atom stereocenters. The van der Waals surface area contributed by atoms with Crippen LogP contribution in [-0.4, -0.2) is 101 Å². The van der Waals surface area contributed by atoms with Crippen LogP contribution >= 0.6 is 118 Å². The highest BCUT2D eigenvalue weighted by molar-refractivity contribution is 8.28. The highest BCUT2D eigenvalue weighted by Crippen LogP contribution is 2.22. The van der Waals surface area contributed by atoms with Gasteiger partial charge in [0.25, 0.3) is 0 Å². The van der Waals surface area contributed by atoms with E-state index < -0.39 is 11.2 Å². The fraction of sp³-hybridized carbons (Fsp3) is 0.850. The van der Waals surface area contributed by atoms with E-state index >= 15 is 0 Å². The van der Waals surface area contributed by atoms with Crippen molar-refractivity contribution in [3.05, 3.63) is 0 Å². The van der Waals surface area contributed by atoms with Gasteiger partial charge in [-0.15, -0.1) is 47.0 Å². The molecule has 0 aliphatic carbocycles. The van der Waals surface area contributed by atoms with Gasteiger partial charge in [0.15, 0.2) is 20.4 Å². The van der Waals surface area contributed by atoms with Gasteiger partial charge in [0, 0.05) is 63.3 Å². The molecule has 0 aliphatic rings. The third kappa shape index (κ3) is 31.5. The smallest absolute Gasteiger partial charge is 0.190 e. The van der Waals surface area contributed by atoms with Crippen LogP contribution in [0.25, 0.3) is 0 Å². The van der Waals surface area contributed by atoms with Gasteiger partial charge in [-0.2, -0.15) is 23.5 Å². The van der Waals surface area contributed by atoms with Crippen molar-refractivity contribution in [2.24, 2.45) is 0 Å². The first kappa shape index (κ1) is 39.7. The SMILES string of the molecule is O=C(CCSCCC[S+]([O-])CSCSC(=O)CCSCCC(=O)SCSCSCO)SCSCSCO. The number of hydrogen-bond donors (Lipinski definition) is 2. The number of hydrogen-bond acceptors (Lipinski definition) is 16. The molecule has 0 saturated carbocycles. The molecule has 0 amide bonds. The Bertz CT molecular complexity index is 577. The molecule has 0 saturated heterocycles. The van der Waals surface area contributed by atoms with Gasteiger partial charge in [-0.3, -0.25) is 14.4 Å². The lowest BCUT2D eigenvalue weighted by atomic mass is 10.5. The van der Waals surface area contributed by atoms with Crippen molar-refractivity contribution in [2.75, 3.05) is 71.2 Å². The van der Waals surface area contributed by atoms with E-state index in [-0.39, 0.29) is 27.2 Å². The fourth-order valence-electron chi connectivity index (χ4n) is 1.98. The second-order valence-corrected chi connectivity index (χ2v) is 20.7. The summed E-state index contributed by atoms with van der Waals surface area (Å²) >= 11 is 14.0. The lowest BCUT2D eigenvalue weighted by molar-refractivity contribution is -0.111. The standard InChI is InChI=1S/C20H36O6S11/c21-10-29-12-31-14-34-18(23)2-6-27-5-1-9-37(26)17-33-16-36-20(25)4-8-28-7-3-19(24)35-15-32-13-30-11-22/h21-22H,1-17H2. The van der Waals surface area contributed by atoms with Crippen molar-refractivity contribution in [1.29, 1.82) is 0 Å². The highest BCUT2D eigenvalue weighted by atomic mass is 32.3. The molecule has 37 heavy (non-hydrogen) atoms.